The van der Waals surface area contributed by atoms with E-state index >= 15 is 0 Å². The zero-order valence-electron chi connectivity index (χ0n) is 17.5. The molecule has 2 atom stereocenters. The topological polar surface area (TPSA) is 112 Å². The summed E-state index contributed by atoms with van der Waals surface area (Å²) in [4.78, 5) is 25.7. The van der Waals surface area contributed by atoms with Crippen LogP contribution in [0.25, 0.3) is 0 Å². The van der Waals surface area contributed by atoms with Gasteiger partial charge in [0.25, 0.3) is 21.5 Å². The zero-order chi connectivity index (χ0) is 23.2. The lowest BCUT2D eigenvalue weighted by Crippen LogP contribution is -2.49. The molecular weight excluding hydrogens is 460 g/mol. The number of pyridine rings is 1. The van der Waals surface area contributed by atoms with Gasteiger partial charge in [-0.3, -0.25) is 9.59 Å². The first-order valence-corrected chi connectivity index (χ1v) is 12.8. The lowest BCUT2D eigenvalue weighted by molar-refractivity contribution is 0.102. The van der Waals surface area contributed by atoms with Crippen molar-refractivity contribution < 1.29 is 13.2 Å². The molecule has 1 N–H and O–H groups in total. The number of thiophene rings is 1. The molecule has 1 saturated heterocycles. The third kappa shape index (κ3) is 3.88. The van der Waals surface area contributed by atoms with E-state index in [0.717, 1.165) is 12.1 Å². The summed E-state index contributed by atoms with van der Waals surface area (Å²) in [6.45, 7) is 1.10. The number of hydrogen-bond donors (Lipinski definition) is 1. The number of carbonyl (C=O) groups is 1. The van der Waals surface area contributed by atoms with Crippen LogP contribution >= 0.6 is 11.3 Å². The quantitative estimate of drug-likeness (QED) is 0.617. The van der Waals surface area contributed by atoms with E-state index < -0.39 is 15.9 Å². The number of amides is 1. The average Bonchev–Trinajstić information content (AvgIpc) is 3.37. The van der Waals surface area contributed by atoms with E-state index in [4.69, 9.17) is 5.26 Å². The van der Waals surface area contributed by atoms with Gasteiger partial charge in [-0.15, -0.1) is 11.3 Å². The van der Waals surface area contributed by atoms with Gasteiger partial charge in [0.15, 0.2) is 0 Å². The van der Waals surface area contributed by atoms with Gasteiger partial charge in [0.2, 0.25) is 0 Å². The average molecular weight is 481 g/mol. The van der Waals surface area contributed by atoms with Gasteiger partial charge in [0.1, 0.15) is 9.90 Å². The summed E-state index contributed by atoms with van der Waals surface area (Å²) in [6, 6.07) is 14.9. The Balaban J connectivity index is 1.39. The highest BCUT2D eigenvalue weighted by molar-refractivity contribution is 7.91. The first kappa shape index (κ1) is 21.6. The Bertz CT molecular complexity index is 1420. The highest BCUT2D eigenvalue weighted by atomic mass is 32.2. The molecule has 0 radical (unpaired) electrons. The Morgan fingerprint density at radius 3 is 2.58 bits per heavy atom. The van der Waals surface area contributed by atoms with Crippen molar-refractivity contribution in [2.75, 3.05) is 18.4 Å². The van der Waals surface area contributed by atoms with Gasteiger partial charge >= 0.3 is 0 Å². The maximum Gasteiger partial charge on any atom is 0.274 e. The molecule has 0 unspecified atom stereocenters. The number of anilines is 1. The number of nitriles is 1. The van der Waals surface area contributed by atoms with Gasteiger partial charge in [0.05, 0.1) is 11.6 Å². The van der Waals surface area contributed by atoms with Crippen molar-refractivity contribution in [1.82, 2.24) is 8.87 Å². The number of hydrogen-bond acceptors (Lipinski definition) is 6. The zero-order valence-corrected chi connectivity index (χ0v) is 19.1. The number of benzene rings is 1. The van der Waals surface area contributed by atoms with Gasteiger partial charge in [0, 0.05) is 36.8 Å². The van der Waals surface area contributed by atoms with E-state index in [1.165, 1.54) is 27.8 Å². The van der Waals surface area contributed by atoms with Crippen LogP contribution in [0.1, 0.15) is 34.0 Å². The summed E-state index contributed by atoms with van der Waals surface area (Å²) < 4.78 is 29.6. The predicted molar refractivity (Wildman–Crippen MR) is 124 cm³/mol. The Morgan fingerprint density at radius 2 is 1.88 bits per heavy atom. The standard InChI is InChI=1S/C23H20N4O4S2/c24-11-15-3-5-17(6-4-15)22(28)25-19-7-8-20-18-10-16(13-27(20)23(19)29)12-26(14-18)33(30,31)21-2-1-9-32-21/h1-9,16,18H,10,12-14H2,(H,25,28)/t16-,18+/m0/s1. The lowest BCUT2D eigenvalue weighted by Gasteiger charge is -2.42. The molecule has 8 nitrogen and oxygen atoms in total. The summed E-state index contributed by atoms with van der Waals surface area (Å²) in [6.07, 6.45) is 0.826. The van der Waals surface area contributed by atoms with Gasteiger partial charge < -0.3 is 9.88 Å². The fourth-order valence-corrected chi connectivity index (χ4v) is 7.33. The molecule has 10 heteroatoms. The molecule has 3 aromatic rings. The molecule has 33 heavy (non-hydrogen) atoms. The van der Waals surface area contributed by atoms with E-state index in [9.17, 15) is 18.0 Å². The fourth-order valence-electron chi connectivity index (χ4n) is 4.62. The molecule has 1 amide bonds. The van der Waals surface area contributed by atoms with Crippen molar-refractivity contribution in [2.45, 2.75) is 23.1 Å². The van der Waals surface area contributed by atoms with Crippen LogP contribution in [0, 0.1) is 17.2 Å². The predicted octanol–water partition coefficient (Wildman–Crippen LogP) is 2.84. The molecule has 4 heterocycles. The number of rotatable bonds is 4. The van der Waals surface area contributed by atoms with E-state index in [1.54, 1.807) is 46.3 Å². The van der Waals surface area contributed by atoms with Crippen LogP contribution in [0.3, 0.4) is 0 Å². The number of nitrogens with zero attached hydrogens (tertiary/aromatic N) is 3. The molecule has 2 aliphatic rings. The number of piperidine rings is 1. The number of nitrogens with one attached hydrogen (secondary N) is 1. The Kier molecular flexibility index (Phi) is 5.40. The Labute approximate surface area is 194 Å². The maximum absolute atomic E-state index is 13.2. The second kappa shape index (κ2) is 8.26. The largest absolute Gasteiger partial charge is 0.317 e. The van der Waals surface area contributed by atoms with Gasteiger partial charge in [-0.25, -0.2) is 8.42 Å². The normalized spacial score (nSPS) is 20.0. The second-order valence-electron chi connectivity index (χ2n) is 8.28. The summed E-state index contributed by atoms with van der Waals surface area (Å²) in [5.41, 5.74) is 1.47. The van der Waals surface area contributed by atoms with Crippen molar-refractivity contribution in [1.29, 1.82) is 5.26 Å². The van der Waals surface area contributed by atoms with Crippen molar-refractivity contribution in [3.8, 4) is 6.07 Å². The van der Waals surface area contributed by atoms with Crippen LogP contribution in [0.15, 0.2) is 62.9 Å². The highest BCUT2D eigenvalue weighted by Crippen LogP contribution is 2.38. The minimum Gasteiger partial charge on any atom is -0.317 e. The second-order valence-corrected chi connectivity index (χ2v) is 11.4. The smallest absolute Gasteiger partial charge is 0.274 e. The maximum atomic E-state index is 13.2. The van der Waals surface area contributed by atoms with Gasteiger partial charge in [-0.2, -0.15) is 9.57 Å². The fraction of sp³-hybridized carbons (Fsp3) is 0.261. The van der Waals surface area contributed by atoms with E-state index in [0.29, 0.717) is 35.0 Å². The summed E-state index contributed by atoms with van der Waals surface area (Å²) in [7, 11) is -3.55. The van der Waals surface area contributed by atoms with Gasteiger partial charge in [-0.1, -0.05) is 6.07 Å². The molecule has 0 saturated carbocycles. The molecule has 5 rings (SSSR count). The first-order chi connectivity index (χ1) is 15.9. The monoisotopic (exact) mass is 480 g/mol. The molecule has 2 aliphatic heterocycles. The van der Waals surface area contributed by atoms with Crippen LogP contribution in [0.4, 0.5) is 5.69 Å². The van der Waals surface area contributed by atoms with E-state index in [2.05, 4.69) is 5.32 Å². The van der Waals surface area contributed by atoms with Crippen molar-refractivity contribution in [2.24, 2.45) is 5.92 Å². The van der Waals surface area contributed by atoms with Gasteiger partial charge in [-0.05, 0) is 60.2 Å². The molecule has 2 aromatic heterocycles. The van der Waals surface area contributed by atoms with Crippen LogP contribution in [-0.2, 0) is 16.6 Å². The molecule has 168 valence electrons. The molecule has 2 bridgehead atoms. The molecule has 0 aliphatic carbocycles. The molecule has 1 aromatic carbocycles. The first-order valence-electron chi connectivity index (χ1n) is 10.5. The Morgan fingerprint density at radius 1 is 1.09 bits per heavy atom. The lowest BCUT2D eigenvalue weighted by atomic mass is 9.84. The van der Waals surface area contributed by atoms with E-state index in [1.807, 2.05) is 6.07 Å². The highest BCUT2D eigenvalue weighted by Gasteiger charge is 2.40. The van der Waals surface area contributed by atoms with Crippen molar-refractivity contribution in [3.63, 3.8) is 0 Å². The molecule has 1 fully saturated rings. The van der Waals surface area contributed by atoms with E-state index in [-0.39, 0.29) is 23.1 Å². The summed E-state index contributed by atoms with van der Waals surface area (Å²) in [5, 5.41) is 13.3. The summed E-state index contributed by atoms with van der Waals surface area (Å²) >= 11 is 1.21. The van der Waals surface area contributed by atoms with Crippen LogP contribution < -0.4 is 10.9 Å². The number of sulfonamides is 1. The SMILES string of the molecule is N#Cc1ccc(C(=O)Nc2ccc3n(c2=O)C[C@H]2C[C@@H]3CN(S(=O)(=O)c3cccs3)C2)cc1. The Hall–Kier alpha value is -3.26. The summed E-state index contributed by atoms with van der Waals surface area (Å²) in [5.74, 6) is -0.488. The molecular formula is C23H20N4O4S2. The number of carbonyl (C=O) groups excluding carboxylic acids is 1. The van der Waals surface area contributed by atoms with Crippen LogP contribution in [0.2, 0.25) is 0 Å². The van der Waals surface area contributed by atoms with Crippen molar-refractivity contribution >= 4 is 33.0 Å². The third-order valence-corrected chi connectivity index (χ3v) is 9.39. The molecule has 0 spiro atoms. The number of aromatic nitrogens is 1. The minimum absolute atomic E-state index is 0.0214. The van der Waals surface area contributed by atoms with Crippen LogP contribution in [0.5, 0.6) is 0 Å². The third-order valence-electron chi connectivity index (χ3n) is 6.18. The van der Waals surface area contributed by atoms with Crippen molar-refractivity contribution in [3.05, 3.63) is 81.1 Å². The number of fused-ring (bicyclic) bond motifs is 4. The minimum atomic E-state index is -3.55. The van der Waals surface area contributed by atoms with Crippen LogP contribution in [-0.4, -0.2) is 36.3 Å².